The second-order valence-corrected chi connectivity index (χ2v) is 4.55. The van der Waals surface area contributed by atoms with Crippen LogP contribution >= 0.6 is 12.4 Å². The number of aryl methyl sites for hydroxylation is 1. The summed E-state index contributed by atoms with van der Waals surface area (Å²) >= 11 is 0. The van der Waals surface area contributed by atoms with Crippen LogP contribution in [-0.4, -0.2) is 23.0 Å². The van der Waals surface area contributed by atoms with Gasteiger partial charge in [0.2, 0.25) is 0 Å². The lowest BCUT2D eigenvalue weighted by atomic mass is 10.0. The van der Waals surface area contributed by atoms with Crippen LogP contribution in [0.25, 0.3) is 0 Å². The van der Waals surface area contributed by atoms with Gasteiger partial charge in [-0.2, -0.15) is 0 Å². The van der Waals surface area contributed by atoms with Crippen molar-refractivity contribution in [2.75, 3.05) is 6.54 Å². The lowest BCUT2D eigenvalue weighted by Gasteiger charge is -2.25. The number of amides is 1. The van der Waals surface area contributed by atoms with Crippen LogP contribution in [-0.2, 0) is 0 Å². The number of nitrogens with one attached hydrogen (secondary N) is 1. The molecule has 96 valence electrons. The Labute approximate surface area is 108 Å². The Bertz CT molecular complexity index is 380. The molecular weight excluding hydrogens is 238 g/mol. The van der Waals surface area contributed by atoms with Gasteiger partial charge in [-0.15, -0.1) is 12.4 Å². The number of nitrogens with zero attached hydrogens (tertiary/aromatic N) is 1. The zero-order chi connectivity index (χ0) is 12.2. The number of hydrogen-bond donors (Lipinski definition) is 2. The van der Waals surface area contributed by atoms with Crippen molar-refractivity contribution < 1.29 is 4.79 Å². The Hall–Kier alpha value is -1.13. The Balaban J connectivity index is 0.00000256. The van der Waals surface area contributed by atoms with Gasteiger partial charge >= 0.3 is 0 Å². The summed E-state index contributed by atoms with van der Waals surface area (Å²) in [5, 5.41) is 2.93. The summed E-state index contributed by atoms with van der Waals surface area (Å²) in [6, 6.07) is 3.69. The van der Waals surface area contributed by atoms with Gasteiger partial charge in [0.05, 0.1) is 0 Å². The van der Waals surface area contributed by atoms with Crippen LogP contribution in [0.5, 0.6) is 0 Å². The molecule has 3 N–H and O–H groups in total. The Kier molecular flexibility index (Phi) is 6.13. The molecule has 0 fully saturated rings. The van der Waals surface area contributed by atoms with Gasteiger partial charge in [-0.1, -0.05) is 6.07 Å². The maximum absolute atomic E-state index is 11.9. The highest BCUT2D eigenvalue weighted by Crippen LogP contribution is 2.10. The van der Waals surface area contributed by atoms with E-state index in [9.17, 15) is 4.79 Å². The third kappa shape index (κ3) is 4.71. The zero-order valence-corrected chi connectivity index (χ0v) is 11.3. The molecule has 0 unspecified atom stereocenters. The van der Waals surface area contributed by atoms with Gasteiger partial charge in [0, 0.05) is 11.7 Å². The van der Waals surface area contributed by atoms with Crippen LogP contribution in [0.3, 0.4) is 0 Å². The van der Waals surface area contributed by atoms with Gasteiger partial charge in [-0.05, 0) is 45.4 Å². The first-order valence-corrected chi connectivity index (χ1v) is 5.40. The molecule has 4 nitrogen and oxygen atoms in total. The van der Waals surface area contributed by atoms with Gasteiger partial charge in [-0.3, -0.25) is 9.78 Å². The van der Waals surface area contributed by atoms with E-state index in [1.807, 2.05) is 32.9 Å². The van der Waals surface area contributed by atoms with Crippen LogP contribution in [0, 0.1) is 6.92 Å². The molecule has 5 heteroatoms. The topological polar surface area (TPSA) is 68.0 Å². The van der Waals surface area contributed by atoms with Crippen LogP contribution in [0.4, 0.5) is 0 Å². The average molecular weight is 258 g/mol. The van der Waals surface area contributed by atoms with E-state index in [1.165, 1.54) is 0 Å². The maximum atomic E-state index is 11.9. The van der Waals surface area contributed by atoms with Crippen molar-refractivity contribution >= 4 is 18.3 Å². The van der Waals surface area contributed by atoms with E-state index < -0.39 is 0 Å². The van der Waals surface area contributed by atoms with Gasteiger partial charge in [0.25, 0.3) is 5.91 Å². The minimum Gasteiger partial charge on any atom is -0.346 e. The largest absolute Gasteiger partial charge is 0.346 e. The van der Waals surface area contributed by atoms with Crippen LogP contribution < -0.4 is 11.1 Å². The van der Waals surface area contributed by atoms with Crippen LogP contribution in [0.2, 0.25) is 0 Å². The van der Waals surface area contributed by atoms with E-state index in [4.69, 9.17) is 5.73 Å². The number of pyridine rings is 1. The number of carbonyl (C=O) groups is 1. The van der Waals surface area contributed by atoms with Gasteiger partial charge in [-0.25, -0.2) is 0 Å². The fourth-order valence-corrected chi connectivity index (χ4v) is 1.51. The van der Waals surface area contributed by atoms with Crippen molar-refractivity contribution in [2.24, 2.45) is 5.73 Å². The Morgan fingerprint density at radius 1 is 1.53 bits per heavy atom. The van der Waals surface area contributed by atoms with E-state index >= 15 is 0 Å². The van der Waals surface area contributed by atoms with E-state index in [0.717, 1.165) is 12.0 Å². The number of aromatic nitrogens is 1. The van der Waals surface area contributed by atoms with E-state index in [0.29, 0.717) is 12.2 Å². The average Bonchev–Trinajstić information content (AvgIpc) is 2.17. The highest BCUT2D eigenvalue weighted by atomic mass is 35.5. The first kappa shape index (κ1) is 15.9. The summed E-state index contributed by atoms with van der Waals surface area (Å²) in [7, 11) is 0. The fraction of sp³-hybridized carbons (Fsp3) is 0.500. The van der Waals surface area contributed by atoms with Crippen molar-refractivity contribution in [3.63, 3.8) is 0 Å². The highest BCUT2D eigenvalue weighted by molar-refractivity contribution is 5.94. The summed E-state index contributed by atoms with van der Waals surface area (Å²) in [6.45, 7) is 6.33. The van der Waals surface area contributed by atoms with Crippen molar-refractivity contribution in [1.29, 1.82) is 0 Å². The lowest BCUT2D eigenvalue weighted by Crippen LogP contribution is -2.45. The van der Waals surface area contributed by atoms with Crippen molar-refractivity contribution in [3.8, 4) is 0 Å². The smallest absolute Gasteiger partial charge is 0.270 e. The molecule has 0 saturated heterocycles. The lowest BCUT2D eigenvalue weighted by molar-refractivity contribution is 0.0904. The standard InChI is InChI=1S/C12H19N3O.ClH/c1-9-5-4-8-14-10(9)11(16)15-12(2,3)6-7-13;/h4-5,8H,6-7,13H2,1-3H3,(H,15,16);1H. The monoisotopic (exact) mass is 257 g/mol. The first-order chi connectivity index (χ1) is 7.46. The van der Waals surface area contributed by atoms with Gasteiger partial charge < -0.3 is 11.1 Å². The van der Waals surface area contributed by atoms with Gasteiger partial charge in [0.15, 0.2) is 0 Å². The molecule has 1 aromatic rings. The SMILES string of the molecule is Cc1cccnc1C(=O)NC(C)(C)CCN.Cl. The molecular formula is C12H20ClN3O. The molecule has 0 aliphatic heterocycles. The third-order valence-electron chi connectivity index (χ3n) is 2.45. The summed E-state index contributed by atoms with van der Waals surface area (Å²) in [5.41, 5.74) is 6.55. The molecule has 17 heavy (non-hydrogen) atoms. The van der Waals surface area contributed by atoms with Crippen molar-refractivity contribution in [2.45, 2.75) is 32.7 Å². The van der Waals surface area contributed by atoms with E-state index in [-0.39, 0.29) is 23.9 Å². The predicted octanol–water partition coefficient (Wildman–Crippen LogP) is 1.67. The number of nitrogens with two attached hydrogens (primary N) is 1. The molecule has 1 rings (SSSR count). The molecule has 0 bridgehead atoms. The molecule has 0 atom stereocenters. The molecule has 0 spiro atoms. The van der Waals surface area contributed by atoms with Crippen LogP contribution in [0.15, 0.2) is 18.3 Å². The molecule has 0 aliphatic rings. The molecule has 1 amide bonds. The Morgan fingerprint density at radius 2 is 2.18 bits per heavy atom. The molecule has 0 radical (unpaired) electrons. The van der Waals surface area contributed by atoms with E-state index in [2.05, 4.69) is 10.3 Å². The second-order valence-electron chi connectivity index (χ2n) is 4.55. The Morgan fingerprint density at radius 3 is 2.71 bits per heavy atom. The molecule has 0 aromatic carbocycles. The van der Waals surface area contributed by atoms with Gasteiger partial charge in [0.1, 0.15) is 5.69 Å². The molecule has 0 aliphatic carbocycles. The molecule has 1 aromatic heterocycles. The summed E-state index contributed by atoms with van der Waals surface area (Å²) in [5.74, 6) is -0.142. The number of halogens is 1. The summed E-state index contributed by atoms with van der Waals surface area (Å²) < 4.78 is 0. The van der Waals surface area contributed by atoms with Crippen LogP contribution in [0.1, 0.15) is 36.3 Å². The minimum absolute atomic E-state index is 0. The fourth-order valence-electron chi connectivity index (χ4n) is 1.51. The normalized spacial score (nSPS) is 10.6. The second kappa shape index (κ2) is 6.57. The van der Waals surface area contributed by atoms with Crippen molar-refractivity contribution in [3.05, 3.63) is 29.6 Å². The quantitative estimate of drug-likeness (QED) is 0.862. The highest BCUT2D eigenvalue weighted by Gasteiger charge is 2.21. The maximum Gasteiger partial charge on any atom is 0.270 e. The summed E-state index contributed by atoms with van der Waals surface area (Å²) in [4.78, 5) is 16.0. The van der Waals surface area contributed by atoms with E-state index in [1.54, 1.807) is 6.20 Å². The molecule has 0 saturated carbocycles. The predicted molar refractivity (Wildman–Crippen MR) is 71.4 cm³/mol. The van der Waals surface area contributed by atoms with Crippen molar-refractivity contribution in [1.82, 2.24) is 10.3 Å². The molecule has 1 heterocycles. The zero-order valence-electron chi connectivity index (χ0n) is 10.5. The number of carbonyl (C=O) groups excluding carboxylic acids is 1. The minimum atomic E-state index is -0.296. The number of hydrogen-bond acceptors (Lipinski definition) is 3. The third-order valence-corrected chi connectivity index (χ3v) is 2.45. The number of rotatable bonds is 4. The first-order valence-electron chi connectivity index (χ1n) is 5.40. The summed E-state index contributed by atoms with van der Waals surface area (Å²) in [6.07, 6.45) is 2.36.